The molecule has 3 atom stereocenters. The van der Waals surface area contributed by atoms with E-state index in [2.05, 4.69) is 88.4 Å². The maximum atomic E-state index is 7.29. The van der Waals surface area contributed by atoms with Crippen molar-refractivity contribution in [2.24, 2.45) is 5.92 Å². The minimum absolute atomic E-state index is 0.00110. The number of hydrogen-bond acceptors (Lipinski definition) is 4. The lowest BCUT2D eigenvalue weighted by Crippen LogP contribution is -2.70. The smallest absolute Gasteiger partial charge is 0.261 e. The summed E-state index contributed by atoms with van der Waals surface area (Å²) in [6, 6.07) is 21.7. The van der Waals surface area contributed by atoms with Crippen molar-refractivity contribution in [2.45, 2.75) is 89.3 Å². The SMILES string of the molecule is C[C@@H]1[C@H]2OC(C)(C)O[C@H]2OC12CC(O[Si](c1ccccc1)(c1ccccc1)C(C)(C)C)C2. The second kappa shape index (κ2) is 7.50. The summed E-state index contributed by atoms with van der Waals surface area (Å²) in [6.07, 6.45) is 1.67. The fourth-order valence-electron chi connectivity index (χ4n) is 6.03. The molecule has 0 radical (unpaired) electrons. The molecule has 32 heavy (non-hydrogen) atoms. The Balaban J connectivity index is 1.43. The van der Waals surface area contributed by atoms with Gasteiger partial charge >= 0.3 is 0 Å². The molecule has 5 heteroatoms. The predicted molar refractivity (Wildman–Crippen MR) is 129 cm³/mol. The first kappa shape index (κ1) is 22.3. The fraction of sp³-hybridized carbons (Fsp3) is 0.556. The Morgan fingerprint density at radius 1 is 0.844 bits per heavy atom. The first-order valence-corrected chi connectivity index (χ1v) is 13.8. The third kappa shape index (κ3) is 3.41. The van der Waals surface area contributed by atoms with Gasteiger partial charge in [-0.25, -0.2) is 0 Å². The van der Waals surface area contributed by atoms with Crippen LogP contribution in [-0.4, -0.2) is 38.2 Å². The van der Waals surface area contributed by atoms with Crippen LogP contribution in [0.15, 0.2) is 60.7 Å². The summed E-state index contributed by atoms with van der Waals surface area (Å²) in [4.78, 5) is 0. The predicted octanol–water partition coefficient (Wildman–Crippen LogP) is 4.61. The van der Waals surface area contributed by atoms with Gasteiger partial charge < -0.3 is 18.6 Å². The normalized spacial score (nSPS) is 33.8. The van der Waals surface area contributed by atoms with Crippen molar-refractivity contribution >= 4 is 18.7 Å². The molecule has 1 aliphatic carbocycles. The van der Waals surface area contributed by atoms with Gasteiger partial charge in [0.15, 0.2) is 12.1 Å². The van der Waals surface area contributed by atoms with Gasteiger partial charge in [-0.1, -0.05) is 88.4 Å². The molecular weight excluding hydrogens is 416 g/mol. The molecule has 2 heterocycles. The number of ether oxygens (including phenoxy) is 3. The molecule has 1 spiro atoms. The Labute approximate surface area is 193 Å². The summed E-state index contributed by atoms with van der Waals surface area (Å²) in [6.45, 7) is 13.2. The van der Waals surface area contributed by atoms with E-state index in [0.717, 1.165) is 12.8 Å². The van der Waals surface area contributed by atoms with Gasteiger partial charge in [0.05, 0.1) is 11.7 Å². The molecule has 0 aromatic heterocycles. The highest BCUT2D eigenvalue weighted by Crippen LogP contribution is 2.56. The zero-order chi connectivity index (χ0) is 22.8. The molecule has 3 fully saturated rings. The number of benzene rings is 2. The van der Waals surface area contributed by atoms with Gasteiger partial charge in [-0.15, -0.1) is 0 Å². The Hall–Kier alpha value is -1.50. The zero-order valence-electron chi connectivity index (χ0n) is 20.1. The van der Waals surface area contributed by atoms with E-state index in [4.69, 9.17) is 18.6 Å². The molecule has 0 unspecified atom stereocenters. The molecule has 0 bridgehead atoms. The average molecular weight is 453 g/mol. The maximum absolute atomic E-state index is 7.29. The molecule has 1 saturated carbocycles. The van der Waals surface area contributed by atoms with Crippen LogP contribution in [0.4, 0.5) is 0 Å². The van der Waals surface area contributed by atoms with Crippen LogP contribution >= 0.6 is 0 Å². The van der Waals surface area contributed by atoms with E-state index >= 15 is 0 Å². The average Bonchev–Trinajstić information content (AvgIpc) is 3.15. The van der Waals surface area contributed by atoms with Crippen LogP contribution in [0.2, 0.25) is 5.04 Å². The lowest BCUT2D eigenvalue weighted by atomic mass is 9.69. The summed E-state index contributed by atoms with van der Waals surface area (Å²) in [7, 11) is -2.54. The molecule has 4 nitrogen and oxygen atoms in total. The summed E-state index contributed by atoms with van der Waals surface area (Å²) < 4.78 is 26.0. The van der Waals surface area contributed by atoms with E-state index in [0.29, 0.717) is 0 Å². The molecule has 0 amide bonds. The van der Waals surface area contributed by atoms with Gasteiger partial charge in [0, 0.05) is 18.8 Å². The van der Waals surface area contributed by atoms with Crippen molar-refractivity contribution < 1.29 is 18.6 Å². The number of rotatable bonds is 4. The van der Waals surface area contributed by atoms with Crippen LogP contribution in [0.25, 0.3) is 0 Å². The largest absolute Gasteiger partial charge is 0.404 e. The zero-order valence-corrected chi connectivity index (χ0v) is 21.1. The topological polar surface area (TPSA) is 36.9 Å². The van der Waals surface area contributed by atoms with Crippen LogP contribution in [0.3, 0.4) is 0 Å². The van der Waals surface area contributed by atoms with Crippen LogP contribution < -0.4 is 10.4 Å². The number of hydrogen-bond donors (Lipinski definition) is 0. The van der Waals surface area contributed by atoms with Gasteiger partial charge in [0.1, 0.15) is 6.10 Å². The van der Waals surface area contributed by atoms with Crippen molar-refractivity contribution in [3.05, 3.63) is 60.7 Å². The molecule has 2 aromatic rings. The van der Waals surface area contributed by atoms with Crippen LogP contribution in [0.1, 0.15) is 54.4 Å². The molecule has 172 valence electrons. The maximum Gasteiger partial charge on any atom is 0.261 e. The van der Waals surface area contributed by atoms with E-state index in [1.165, 1.54) is 10.4 Å². The third-order valence-electron chi connectivity index (χ3n) is 7.67. The molecular formula is C27H36O4Si. The Kier molecular flexibility index (Phi) is 5.23. The molecule has 2 aliphatic heterocycles. The highest BCUT2D eigenvalue weighted by Gasteiger charge is 2.65. The first-order valence-electron chi connectivity index (χ1n) is 11.9. The minimum atomic E-state index is -2.54. The van der Waals surface area contributed by atoms with Crippen molar-refractivity contribution in [1.82, 2.24) is 0 Å². The van der Waals surface area contributed by atoms with E-state index in [-0.39, 0.29) is 35.1 Å². The van der Waals surface area contributed by atoms with E-state index in [1.807, 2.05) is 13.8 Å². The van der Waals surface area contributed by atoms with Gasteiger partial charge in [-0.05, 0) is 29.3 Å². The fourth-order valence-corrected chi connectivity index (χ4v) is 10.7. The van der Waals surface area contributed by atoms with Crippen LogP contribution in [-0.2, 0) is 18.6 Å². The Morgan fingerprint density at radius 3 is 1.84 bits per heavy atom. The lowest BCUT2D eigenvalue weighted by Gasteiger charge is -2.53. The van der Waals surface area contributed by atoms with Gasteiger partial charge in [-0.2, -0.15) is 0 Å². The van der Waals surface area contributed by atoms with Gasteiger partial charge in [0.2, 0.25) is 0 Å². The number of fused-ring (bicyclic) bond motifs is 1. The van der Waals surface area contributed by atoms with Crippen molar-refractivity contribution in [2.75, 3.05) is 0 Å². The van der Waals surface area contributed by atoms with Gasteiger partial charge in [0.25, 0.3) is 8.32 Å². The van der Waals surface area contributed by atoms with Crippen molar-refractivity contribution in [1.29, 1.82) is 0 Å². The molecule has 2 saturated heterocycles. The van der Waals surface area contributed by atoms with Crippen molar-refractivity contribution in [3.63, 3.8) is 0 Å². The summed E-state index contributed by atoms with van der Waals surface area (Å²) in [5.74, 6) is -0.284. The molecule has 0 N–H and O–H groups in total. The summed E-state index contributed by atoms with van der Waals surface area (Å²) >= 11 is 0. The van der Waals surface area contributed by atoms with E-state index in [1.54, 1.807) is 0 Å². The van der Waals surface area contributed by atoms with E-state index in [9.17, 15) is 0 Å². The molecule has 3 aliphatic rings. The third-order valence-corrected chi connectivity index (χ3v) is 12.8. The monoisotopic (exact) mass is 452 g/mol. The highest BCUT2D eigenvalue weighted by atomic mass is 28.4. The molecule has 2 aromatic carbocycles. The highest BCUT2D eigenvalue weighted by molar-refractivity contribution is 6.99. The van der Waals surface area contributed by atoms with Crippen LogP contribution in [0.5, 0.6) is 0 Å². The minimum Gasteiger partial charge on any atom is -0.404 e. The lowest BCUT2D eigenvalue weighted by molar-refractivity contribution is -0.258. The Bertz CT molecular complexity index is 907. The summed E-state index contributed by atoms with van der Waals surface area (Å²) in [5, 5.41) is 2.63. The standard InChI is InChI=1S/C27H36O4Si/c1-19-23-24(29-26(5,6)28-23)30-27(19)17-20(18-27)31-32(25(2,3)4,21-13-9-7-10-14-21)22-15-11-8-12-16-22/h7-16,19-20,23-24H,17-18H2,1-6H3/t19-,20?,23-,24+,27?/m1/s1. The first-order chi connectivity index (χ1) is 15.1. The van der Waals surface area contributed by atoms with Crippen LogP contribution in [0, 0.1) is 5.92 Å². The second-order valence-electron chi connectivity index (χ2n) is 11.3. The second-order valence-corrected chi connectivity index (χ2v) is 15.5. The Morgan fingerprint density at radius 2 is 1.38 bits per heavy atom. The molecule has 5 rings (SSSR count). The quantitative estimate of drug-likeness (QED) is 0.635. The van der Waals surface area contributed by atoms with E-state index < -0.39 is 14.1 Å². The van der Waals surface area contributed by atoms with Crippen molar-refractivity contribution in [3.8, 4) is 0 Å². The summed E-state index contributed by atoms with van der Waals surface area (Å²) in [5.41, 5.74) is -0.206. The van der Waals surface area contributed by atoms with Gasteiger partial charge in [-0.3, -0.25) is 0 Å².